The van der Waals surface area contributed by atoms with Gasteiger partial charge in [-0.1, -0.05) is 12.1 Å². The summed E-state index contributed by atoms with van der Waals surface area (Å²) in [7, 11) is 0. The zero-order chi connectivity index (χ0) is 25.4. The van der Waals surface area contributed by atoms with Crippen LogP contribution < -0.4 is 5.32 Å². The molecule has 1 fully saturated rings. The number of halogens is 3. The fourth-order valence-corrected chi connectivity index (χ4v) is 4.50. The second-order valence-corrected chi connectivity index (χ2v) is 9.17. The third kappa shape index (κ3) is 4.86. The zero-order valence-electron chi connectivity index (χ0n) is 19.5. The van der Waals surface area contributed by atoms with Gasteiger partial charge in [-0.2, -0.15) is 23.4 Å². The van der Waals surface area contributed by atoms with Gasteiger partial charge in [0.25, 0.3) is 0 Å². The average molecular weight is 499 g/mol. The van der Waals surface area contributed by atoms with E-state index in [0.717, 1.165) is 22.6 Å². The molecule has 0 unspecified atom stereocenters. The van der Waals surface area contributed by atoms with E-state index in [-0.39, 0.29) is 11.8 Å². The Morgan fingerprint density at radius 3 is 2.69 bits per heavy atom. The second kappa shape index (κ2) is 9.42. The lowest BCUT2D eigenvalue weighted by Crippen LogP contribution is -2.46. The van der Waals surface area contributed by atoms with Gasteiger partial charge in [-0.05, 0) is 60.4 Å². The smallest absolute Gasteiger partial charge is 0.416 e. The lowest BCUT2D eigenvalue weighted by Gasteiger charge is -2.33. The molecule has 0 radical (unpaired) electrons. The third-order valence-electron chi connectivity index (χ3n) is 6.66. The van der Waals surface area contributed by atoms with Crippen molar-refractivity contribution in [3.05, 3.63) is 65.4 Å². The van der Waals surface area contributed by atoms with Crippen LogP contribution in [0.1, 0.15) is 36.1 Å². The van der Waals surface area contributed by atoms with Crippen molar-refractivity contribution in [2.45, 2.75) is 25.6 Å². The molecule has 0 aliphatic carbocycles. The van der Waals surface area contributed by atoms with Gasteiger partial charge in [0, 0.05) is 24.5 Å². The molecule has 10 heteroatoms. The standard InChI is InChI=1S/C26H25F3N4O3/c1-15(18-8-20(26(27,28)29)11-21(34)9-18)31-24-12-30-32-23-3-2-17(10-22(23)24)16-4-6-33(7-5-16)25(35)19-13-36-14-19/h2-4,8-12,15,19,34H,5-7,13-14H2,1H3,(H,31,32)/t15-/m1/s1. The number of hydrogen-bond acceptors (Lipinski definition) is 6. The fourth-order valence-electron chi connectivity index (χ4n) is 4.50. The summed E-state index contributed by atoms with van der Waals surface area (Å²) < 4.78 is 44.8. The normalized spacial score (nSPS) is 17.4. The van der Waals surface area contributed by atoms with Crippen molar-refractivity contribution in [1.29, 1.82) is 0 Å². The van der Waals surface area contributed by atoms with E-state index in [1.165, 1.54) is 12.3 Å². The van der Waals surface area contributed by atoms with Gasteiger partial charge in [-0.25, -0.2) is 0 Å². The minimum Gasteiger partial charge on any atom is -0.508 e. The Balaban J connectivity index is 1.38. The number of anilines is 1. The van der Waals surface area contributed by atoms with Crippen LogP contribution in [0.3, 0.4) is 0 Å². The Hall–Kier alpha value is -3.66. The molecule has 1 atom stereocenters. The van der Waals surface area contributed by atoms with Crippen molar-refractivity contribution in [2.75, 3.05) is 31.6 Å². The Morgan fingerprint density at radius 1 is 1.22 bits per heavy atom. The SMILES string of the molecule is C[C@@H](Nc1cnnc2ccc(C3=CCN(C(=O)C4COC4)CC3)cc12)c1cc(O)cc(C(F)(F)F)c1. The molecule has 2 N–H and O–H groups in total. The molecular formula is C26H25F3N4O3. The predicted molar refractivity (Wildman–Crippen MR) is 128 cm³/mol. The molecule has 36 heavy (non-hydrogen) atoms. The van der Waals surface area contributed by atoms with Gasteiger partial charge >= 0.3 is 6.18 Å². The number of benzene rings is 2. The van der Waals surface area contributed by atoms with Gasteiger partial charge in [-0.15, -0.1) is 0 Å². The molecule has 1 amide bonds. The highest BCUT2D eigenvalue weighted by atomic mass is 19.4. The molecule has 0 saturated carbocycles. The van der Waals surface area contributed by atoms with Gasteiger partial charge in [0.2, 0.25) is 5.91 Å². The molecular weight excluding hydrogens is 473 g/mol. The van der Waals surface area contributed by atoms with Crippen molar-refractivity contribution in [3.63, 3.8) is 0 Å². The van der Waals surface area contributed by atoms with Crippen LogP contribution in [-0.4, -0.2) is 52.4 Å². The highest BCUT2D eigenvalue weighted by Crippen LogP contribution is 2.35. The molecule has 2 aromatic carbocycles. The summed E-state index contributed by atoms with van der Waals surface area (Å²) in [5.74, 6) is -0.352. The summed E-state index contributed by atoms with van der Waals surface area (Å²) in [4.78, 5) is 14.3. The van der Waals surface area contributed by atoms with E-state index in [4.69, 9.17) is 4.74 Å². The topological polar surface area (TPSA) is 87.6 Å². The summed E-state index contributed by atoms with van der Waals surface area (Å²) in [5.41, 5.74) is 2.74. The first-order valence-electron chi connectivity index (χ1n) is 11.7. The van der Waals surface area contributed by atoms with Crippen LogP contribution in [0, 0.1) is 5.92 Å². The number of nitrogens with zero attached hydrogens (tertiary/aromatic N) is 3. The number of fused-ring (bicyclic) bond motifs is 1. The highest BCUT2D eigenvalue weighted by Gasteiger charge is 2.32. The van der Waals surface area contributed by atoms with E-state index in [1.54, 1.807) is 6.92 Å². The number of nitrogens with one attached hydrogen (secondary N) is 1. The minimum absolute atomic E-state index is 0.0337. The van der Waals surface area contributed by atoms with Gasteiger partial charge in [0.15, 0.2) is 0 Å². The van der Waals surface area contributed by atoms with Crippen LogP contribution in [0.25, 0.3) is 16.5 Å². The number of rotatable bonds is 5. The van der Waals surface area contributed by atoms with E-state index in [9.17, 15) is 23.1 Å². The number of carbonyl (C=O) groups excluding carboxylic acids is 1. The number of aromatic nitrogens is 2. The predicted octanol–water partition coefficient (Wildman–Crippen LogP) is 4.79. The molecule has 5 rings (SSSR count). The second-order valence-electron chi connectivity index (χ2n) is 9.17. The van der Waals surface area contributed by atoms with E-state index < -0.39 is 23.5 Å². The van der Waals surface area contributed by atoms with E-state index in [1.807, 2.05) is 23.1 Å². The summed E-state index contributed by atoms with van der Waals surface area (Å²) in [6.07, 6.45) is -0.261. The highest BCUT2D eigenvalue weighted by molar-refractivity contribution is 5.93. The lowest BCUT2D eigenvalue weighted by molar-refractivity contribution is -0.149. The number of carbonyl (C=O) groups is 1. The fraction of sp³-hybridized carbons (Fsp3) is 0.346. The van der Waals surface area contributed by atoms with Crippen molar-refractivity contribution in [2.24, 2.45) is 5.92 Å². The van der Waals surface area contributed by atoms with Crippen LogP contribution in [0.15, 0.2) is 48.7 Å². The van der Waals surface area contributed by atoms with Gasteiger partial charge < -0.3 is 20.1 Å². The molecule has 7 nitrogen and oxygen atoms in total. The lowest BCUT2D eigenvalue weighted by atomic mass is 9.96. The monoisotopic (exact) mass is 498 g/mol. The maximum atomic E-state index is 13.2. The van der Waals surface area contributed by atoms with Crippen molar-refractivity contribution < 1.29 is 27.8 Å². The number of hydrogen-bond donors (Lipinski definition) is 2. The molecule has 3 aromatic rings. The number of aromatic hydroxyl groups is 1. The van der Waals surface area contributed by atoms with Crippen molar-refractivity contribution >= 4 is 28.1 Å². The first-order chi connectivity index (χ1) is 17.2. The van der Waals surface area contributed by atoms with Crippen LogP contribution >= 0.6 is 0 Å². The van der Waals surface area contributed by atoms with Gasteiger partial charge in [0.1, 0.15) is 5.75 Å². The first kappa shape index (κ1) is 24.1. The number of alkyl halides is 3. The van der Waals surface area contributed by atoms with Crippen molar-refractivity contribution in [1.82, 2.24) is 15.1 Å². The number of phenols is 1. The van der Waals surface area contributed by atoms with Crippen LogP contribution in [0.5, 0.6) is 5.75 Å². The molecule has 0 bridgehead atoms. The Bertz CT molecular complexity index is 1340. The Morgan fingerprint density at radius 2 is 2.03 bits per heavy atom. The summed E-state index contributed by atoms with van der Waals surface area (Å²) in [6, 6.07) is 8.29. The number of amides is 1. The van der Waals surface area contributed by atoms with Crippen molar-refractivity contribution in [3.8, 4) is 5.75 Å². The van der Waals surface area contributed by atoms with Crippen LogP contribution in [-0.2, 0) is 15.7 Å². The maximum absolute atomic E-state index is 13.2. The maximum Gasteiger partial charge on any atom is 0.416 e. The largest absolute Gasteiger partial charge is 0.508 e. The summed E-state index contributed by atoms with van der Waals surface area (Å²) >= 11 is 0. The van der Waals surface area contributed by atoms with Gasteiger partial charge in [-0.3, -0.25) is 4.79 Å². The Labute approximate surface area is 205 Å². The molecule has 0 spiro atoms. The zero-order valence-corrected chi connectivity index (χ0v) is 19.5. The molecule has 3 heterocycles. The Kier molecular flexibility index (Phi) is 6.29. The van der Waals surface area contributed by atoms with E-state index in [0.29, 0.717) is 55.6 Å². The summed E-state index contributed by atoms with van der Waals surface area (Å²) in [5, 5.41) is 22.0. The average Bonchev–Trinajstić information content (AvgIpc) is 2.82. The van der Waals surface area contributed by atoms with E-state index in [2.05, 4.69) is 21.6 Å². The van der Waals surface area contributed by atoms with Gasteiger partial charge in [0.05, 0.1) is 42.1 Å². The van der Waals surface area contributed by atoms with Crippen LogP contribution in [0.2, 0.25) is 0 Å². The van der Waals surface area contributed by atoms with E-state index >= 15 is 0 Å². The molecule has 188 valence electrons. The first-order valence-corrected chi connectivity index (χ1v) is 11.7. The number of ether oxygens (including phenoxy) is 1. The molecule has 2 aliphatic heterocycles. The number of phenolic OH excluding ortho intramolecular Hbond substituents is 1. The quantitative estimate of drug-likeness (QED) is 0.526. The minimum atomic E-state index is -4.56. The summed E-state index contributed by atoms with van der Waals surface area (Å²) in [6.45, 7) is 3.87. The molecule has 1 saturated heterocycles. The molecule has 1 aromatic heterocycles. The third-order valence-corrected chi connectivity index (χ3v) is 6.66. The molecule has 2 aliphatic rings. The van der Waals surface area contributed by atoms with Crippen LogP contribution in [0.4, 0.5) is 18.9 Å².